The predicted octanol–water partition coefficient (Wildman–Crippen LogP) is 3.35. The first kappa shape index (κ1) is 20.1. The van der Waals surface area contributed by atoms with Crippen molar-refractivity contribution in [1.29, 1.82) is 0 Å². The number of hydrogen-bond acceptors (Lipinski definition) is 4. The molecular formula is C20H31N3O3. The van der Waals surface area contributed by atoms with Crippen LogP contribution < -0.4 is 15.4 Å². The van der Waals surface area contributed by atoms with Gasteiger partial charge in [-0.25, -0.2) is 0 Å². The third kappa shape index (κ3) is 5.93. The van der Waals surface area contributed by atoms with E-state index in [1.807, 2.05) is 23.1 Å². The highest BCUT2D eigenvalue weighted by atomic mass is 16.5. The van der Waals surface area contributed by atoms with Gasteiger partial charge in [-0.2, -0.15) is 0 Å². The number of piperidine rings is 1. The standard InChI is InChI=1S/C20H31N3O3/c1-14(2)11-20(25)23-9-7-16(8-10-23)13-21-18-12-17(22-15(3)24)5-6-19(18)26-4/h5-6,12,14,16,21H,7-11,13H2,1-4H3,(H,22,24). The second-order valence-electron chi connectivity index (χ2n) is 7.40. The molecule has 1 aliphatic heterocycles. The molecule has 0 saturated carbocycles. The topological polar surface area (TPSA) is 70.7 Å². The number of hydrogen-bond donors (Lipinski definition) is 2. The summed E-state index contributed by atoms with van der Waals surface area (Å²) < 4.78 is 5.40. The molecule has 6 heteroatoms. The lowest BCUT2D eigenvalue weighted by molar-refractivity contribution is -0.133. The maximum absolute atomic E-state index is 12.2. The number of nitrogens with one attached hydrogen (secondary N) is 2. The van der Waals surface area contributed by atoms with Gasteiger partial charge in [-0.1, -0.05) is 13.8 Å². The van der Waals surface area contributed by atoms with Gasteiger partial charge in [0.05, 0.1) is 12.8 Å². The van der Waals surface area contributed by atoms with E-state index in [9.17, 15) is 9.59 Å². The molecule has 2 amide bonds. The van der Waals surface area contributed by atoms with E-state index in [1.165, 1.54) is 6.92 Å². The van der Waals surface area contributed by atoms with Gasteiger partial charge in [-0.05, 0) is 42.9 Å². The number of anilines is 2. The van der Waals surface area contributed by atoms with E-state index >= 15 is 0 Å². The van der Waals surface area contributed by atoms with E-state index in [0.29, 0.717) is 18.3 Å². The van der Waals surface area contributed by atoms with E-state index in [4.69, 9.17) is 4.74 Å². The fraction of sp³-hybridized carbons (Fsp3) is 0.600. The average Bonchev–Trinajstić information content (AvgIpc) is 2.59. The van der Waals surface area contributed by atoms with Crippen molar-refractivity contribution < 1.29 is 14.3 Å². The molecular weight excluding hydrogens is 330 g/mol. The van der Waals surface area contributed by atoms with Gasteiger partial charge in [0.2, 0.25) is 11.8 Å². The molecule has 0 bridgehead atoms. The summed E-state index contributed by atoms with van der Waals surface area (Å²) in [6.07, 6.45) is 2.64. The minimum Gasteiger partial charge on any atom is -0.495 e. The van der Waals surface area contributed by atoms with Crippen LogP contribution in [-0.4, -0.2) is 43.5 Å². The van der Waals surface area contributed by atoms with Crippen molar-refractivity contribution in [2.45, 2.75) is 40.0 Å². The minimum absolute atomic E-state index is 0.0976. The fourth-order valence-corrected chi connectivity index (χ4v) is 3.25. The third-order valence-electron chi connectivity index (χ3n) is 4.65. The van der Waals surface area contributed by atoms with Crippen LogP contribution in [0.15, 0.2) is 18.2 Å². The summed E-state index contributed by atoms with van der Waals surface area (Å²) in [5, 5.41) is 6.23. The second kappa shape index (κ2) is 9.46. The van der Waals surface area contributed by atoms with Gasteiger partial charge in [0.25, 0.3) is 0 Å². The van der Waals surface area contributed by atoms with E-state index in [1.54, 1.807) is 7.11 Å². The van der Waals surface area contributed by atoms with Crippen LogP contribution in [0.4, 0.5) is 11.4 Å². The predicted molar refractivity (Wildman–Crippen MR) is 105 cm³/mol. The van der Waals surface area contributed by atoms with Crippen LogP contribution in [0.5, 0.6) is 5.75 Å². The fourth-order valence-electron chi connectivity index (χ4n) is 3.25. The molecule has 6 nitrogen and oxygen atoms in total. The summed E-state index contributed by atoms with van der Waals surface area (Å²) >= 11 is 0. The smallest absolute Gasteiger partial charge is 0.222 e. The highest BCUT2D eigenvalue weighted by Gasteiger charge is 2.23. The Morgan fingerprint density at radius 2 is 1.96 bits per heavy atom. The molecule has 26 heavy (non-hydrogen) atoms. The van der Waals surface area contributed by atoms with Gasteiger partial charge < -0.3 is 20.3 Å². The van der Waals surface area contributed by atoms with E-state index in [2.05, 4.69) is 24.5 Å². The Kier molecular flexibility index (Phi) is 7.30. The lowest BCUT2D eigenvalue weighted by atomic mass is 9.96. The number of benzene rings is 1. The van der Waals surface area contributed by atoms with Crippen LogP contribution in [0.25, 0.3) is 0 Å². The molecule has 1 heterocycles. The van der Waals surface area contributed by atoms with Crippen LogP contribution in [0.2, 0.25) is 0 Å². The molecule has 1 aromatic carbocycles. The number of amides is 2. The van der Waals surface area contributed by atoms with Gasteiger partial charge in [0.1, 0.15) is 5.75 Å². The number of methoxy groups -OCH3 is 1. The molecule has 0 spiro atoms. The molecule has 1 fully saturated rings. The van der Waals surface area contributed by atoms with Crippen molar-refractivity contribution >= 4 is 23.2 Å². The van der Waals surface area contributed by atoms with Gasteiger partial charge in [-0.15, -0.1) is 0 Å². The molecule has 0 unspecified atom stereocenters. The summed E-state index contributed by atoms with van der Waals surface area (Å²) in [4.78, 5) is 25.4. The lowest BCUT2D eigenvalue weighted by Gasteiger charge is -2.32. The Morgan fingerprint density at radius 3 is 2.54 bits per heavy atom. The monoisotopic (exact) mass is 361 g/mol. The Morgan fingerprint density at radius 1 is 1.27 bits per heavy atom. The maximum atomic E-state index is 12.2. The Labute approximate surface area is 156 Å². The highest BCUT2D eigenvalue weighted by Crippen LogP contribution is 2.29. The highest BCUT2D eigenvalue weighted by molar-refractivity contribution is 5.89. The molecule has 1 aliphatic rings. The van der Waals surface area contributed by atoms with Crippen molar-refractivity contribution in [3.63, 3.8) is 0 Å². The van der Waals surface area contributed by atoms with Crippen LogP contribution in [0, 0.1) is 11.8 Å². The summed E-state index contributed by atoms with van der Waals surface area (Å²) in [5.74, 6) is 1.86. The van der Waals surface area contributed by atoms with Crippen molar-refractivity contribution in [2.24, 2.45) is 11.8 Å². The SMILES string of the molecule is COc1ccc(NC(C)=O)cc1NCC1CCN(C(=O)CC(C)C)CC1. The first-order valence-electron chi connectivity index (χ1n) is 9.36. The molecule has 0 aromatic heterocycles. The molecule has 0 atom stereocenters. The number of nitrogens with zero attached hydrogens (tertiary/aromatic N) is 1. The quantitative estimate of drug-likeness (QED) is 0.781. The molecule has 2 rings (SSSR count). The van der Waals surface area contributed by atoms with Crippen molar-refractivity contribution in [3.05, 3.63) is 18.2 Å². The van der Waals surface area contributed by atoms with Crippen LogP contribution in [0.3, 0.4) is 0 Å². The Balaban J connectivity index is 1.87. The van der Waals surface area contributed by atoms with Gasteiger partial charge >= 0.3 is 0 Å². The van der Waals surface area contributed by atoms with Crippen molar-refractivity contribution in [2.75, 3.05) is 37.4 Å². The number of ether oxygens (including phenoxy) is 1. The Hall–Kier alpha value is -2.24. The normalized spacial score (nSPS) is 15.0. The van der Waals surface area contributed by atoms with Crippen molar-refractivity contribution in [1.82, 2.24) is 4.90 Å². The number of likely N-dealkylation sites (tertiary alicyclic amines) is 1. The zero-order valence-corrected chi connectivity index (χ0v) is 16.3. The van der Waals surface area contributed by atoms with Gasteiger partial charge in [0.15, 0.2) is 0 Å². The van der Waals surface area contributed by atoms with E-state index in [0.717, 1.165) is 49.6 Å². The summed E-state index contributed by atoms with van der Waals surface area (Å²) in [6, 6.07) is 5.56. The van der Waals surface area contributed by atoms with Crippen LogP contribution in [-0.2, 0) is 9.59 Å². The summed E-state index contributed by atoms with van der Waals surface area (Å²) in [7, 11) is 1.64. The van der Waals surface area contributed by atoms with Crippen LogP contribution in [0.1, 0.15) is 40.0 Å². The molecule has 1 aromatic rings. The third-order valence-corrected chi connectivity index (χ3v) is 4.65. The van der Waals surface area contributed by atoms with E-state index < -0.39 is 0 Å². The second-order valence-corrected chi connectivity index (χ2v) is 7.40. The molecule has 0 aliphatic carbocycles. The number of carbonyl (C=O) groups is 2. The lowest BCUT2D eigenvalue weighted by Crippen LogP contribution is -2.40. The summed E-state index contributed by atoms with van der Waals surface area (Å²) in [6.45, 7) is 8.15. The first-order chi connectivity index (χ1) is 12.4. The first-order valence-corrected chi connectivity index (χ1v) is 9.36. The van der Waals surface area contributed by atoms with Crippen molar-refractivity contribution in [3.8, 4) is 5.75 Å². The van der Waals surface area contributed by atoms with Crippen LogP contribution >= 0.6 is 0 Å². The molecule has 1 saturated heterocycles. The zero-order chi connectivity index (χ0) is 19.1. The molecule has 2 N–H and O–H groups in total. The maximum Gasteiger partial charge on any atom is 0.222 e. The molecule has 0 radical (unpaired) electrons. The zero-order valence-electron chi connectivity index (χ0n) is 16.3. The van der Waals surface area contributed by atoms with E-state index in [-0.39, 0.29) is 11.8 Å². The minimum atomic E-state index is -0.0976. The molecule has 144 valence electrons. The largest absolute Gasteiger partial charge is 0.495 e. The number of rotatable bonds is 7. The Bertz CT molecular complexity index is 623. The number of carbonyl (C=O) groups excluding carboxylic acids is 2. The van der Waals surface area contributed by atoms with Gasteiger partial charge in [0, 0.05) is 38.7 Å². The summed E-state index contributed by atoms with van der Waals surface area (Å²) in [5.41, 5.74) is 1.62. The van der Waals surface area contributed by atoms with Gasteiger partial charge in [-0.3, -0.25) is 9.59 Å². The average molecular weight is 361 g/mol.